The van der Waals surface area contributed by atoms with Crippen LogP contribution in [0.25, 0.3) is 44.3 Å². The Kier molecular flexibility index (Phi) is 3.64. The third kappa shape index (κ3) is 2.84. The van der Waals surface area contributed by atoms with E-state index in [1.165, 1.54) is 0 Å². The molecule has 3 aromatic carbocycles. The van der Waals surface area contributed by atoms with Gasteiger partial charge >= 0.3 is 0 Å². The minimum absolute atomic E-state index is 0.317. The van der Waals surface area contributed by atoms with Gasteiger partial charge < -0.3 is 4.42 Å². The predicted octanol–water partition coefficient (Wildman–Crippen LogP) is 6.54. The van der Waals surface area contributed by atoms with Crippen molar-refractivity contribution in [1.82, 2.24) is 0 Å². The smallest absolute Gasteiger partial charge is 0.216 e. The lowest BCUT2D eigenvalue weighted by Crippen LogP contribution is -2.35. The van der Waals surface area contributed by atoms with Crippen molar-refractivity contribution in [2.24, 2.45) is 7.05 Å². The number of hydrogen-bond acceptors (Lipinski definition) is 2. The standard InChI is InChI=1S/C28H23N2O/c1-17-13-14-24(30(4)19(17)3)25-18(2)15-21(16-29)26-23-12-8-11-22(27(23)31-28(25)26)20-9-6-5-7-10-20/h5-15H,1-4H3/q+1/i1D3. The zero-order chi connectivity index (χ0) is 24.2. The van der Waals surface area contributed by atoms with E-state index in [4.69, 9.17) is 8.53 Å². The van der Waals surface area contributed by atoms with Crippen LogP contribution in [0.2, 0.25) is 0 Å². The van der Waals surface area contributed by atoms with Crippen molar-refractivity contribution in [2.75, 3.05) is 0 Å². The van der Waals surface area contributed by atoms with Gasteiger partial charge in [-0.25, -0.2) is 0 Å². The zero-order valence-corrected chi connectivity index (χ0v) is 17.7. The monoisotopic (exact) mass is 406 g/mol. The van der Waals surface area contributed by atoms with Gasteiger partial charge in [0.15, 0.2) is 11.3 Å². The van der Waals surface area contributed by atoms with Crippen molar-refractivity contribution >= 4 is 21.9 Å². The first-order chi connectivity index (χ1) is 16.2. The lowest BCUT2D eigenvalue weighted by Gasteiger charge is -2.09. The Morgan fingerprint density at radius 2 is 1.74 bits per heavy atom. The molecule has 0 saturated carbocycles. The number of pyridine rings is 1. The number of fused-ring (bicyclic) bond motifs is 3. The van der Waals surface area contributed by atoms with E-state index in [2.05, 4.69) is 6.07 Å². The molecule has 0 aliphatic heterocycles. The van der Waals surface area contributed by atoms with Gasteiger partial charge in [-0.15, -0.1) is 0 Å². The summed E-state index contributed by atoms with van der Waals surface area (Å²) in [6.45, 7) is 1.57. The summed E-state index contributed by atoms with van der Waals surface area (Å²) in [5.41, 5.74) is 7.46. The molecule has 3 heteroatoms. The molecule has 0 amide bonds. The van der Waals surface area contributed by atoms with Gasteiger partial charge in [-0.05, 0) is 37.0 Å². The predicted molar refractivity (Wildman–Crippen MR) is 125 cm³/mol. The zero-order valence-electron chi connectivity index (χ0n) is 20.7. The van der Waals surface area contributed by atoms with E-state index in [9.17, 15) is 5.26 Å². The average molecular weight is 407 g/mol. The summed E-state index contributed by atoms with van der Waals surface area (Å²) >= 11 is 0. The number of aromatic nitrogens is 1. The van der Waals surface area contributed by atoms with Crippen LogP contribution in [0.1, 0.15) is 26.5 Å². The fourth-order valence-electron chi connectivity index (χ4n) is 4.36. The van der Waals surface area contributed by atoms with Crippen LogP contribution in [0.5, 0.6) is 0 Å². The highest BCUT2D eigenvalue weighted by Crippen LogP contribution is 2.42. The summed E-state index contributed by atoms with van der Waals surface area (Å²) in [7, 11) is 1.86. The number of furan rings is 1. The quantitative estimate of drug-likeness (QED) is 0.312. The van der Waals surface area contributed by atoms with E-state index in [1.54, 1.807) is 6.07 Å². The minimum Gasteiger partial charge on any atom is -0.454 e. The van der Waals surface area contributed by atoms with Crippen LogP contribution >= 0.6 is 0 Å². The summed E-state index contributed by atoms with van der Waals surface area (Å²) in [5.74, 6) is 0. The van der Waals surface area contributed by atoms with Crippen LogP contribution in [0.4, 0.5) is 0 Å². The highest BCUT2D eigenvalue weighted by Gasteiger charge is 2.25. The third-order valence-electron chi connectivity index (χ3n) is 6.09. The van der Waals surface area contributed by atoms with Crippen LogP contribution in [-0.2, 0) is 7.05 Å². The molecule has 0 fully saturated rings. The fraction of sp³-hybridized carbons (Fsp3) is 0.143. The number of para-hydroxylation sites is 1. The van der Waals surface area contributed by atoms with Crippen LogP contribution in [-0.4, -0.2) is 0 Å². The van der Waals surface area contributed by atoms with Crippen LogP contribution in [0, 0.1) is 32.0 Å². The number of rotatable bonds is 2. The number of nitrogens with zero attached hydrogens (tertiary/aromatic N) is 2. The van der Waals surface area contributed by atoms with Gasteiger partial charge in [0.2, 0.25) is 5.69 Å². The topological polar surface area (TPSA) is 40.8 Å². The summed E-state index contributed by atoms with van der Waals surface area (Å²) < 4.78 is 32.0. The average Bonchev–Trinajstić information content (AvgIpc) is 3.20. The van der Waals surface area contributed by atoms with E-state index in [0.717, 1.165) is 44.3 Å². The Hall–Kier alpha value is -3.90. The Balaban J connectivity index is 1.89. The van der Waals surface area contributed by atoms with E-state index in [-0.39, 0.29) is 0 Å². The Labute approximate surface area is 186 Å². The Morgan fingerprint density at radius 1 is 0.935 bits per heavy atom. The van der Waals surface area contributed by atoms with Gasteiger partial charge in [-0.3, -0.25) is 0 Å². The maximum absolute atomic E-state index is 9.95. The number of nitriles is 1. The molecule has 0 unspecified atom stereocenters. The Morgan fingerprint density at radius 3 is 2.48 bits per heavy atom. The SMILES string of the molecule is [2H]C([2H])([2H])c1ccc(-c2c(C)cc(C#N)c3c2oc2c(-c4ccccc4)cccc23)[n+](C)c1C. The molecule has 0 saturated heterocycles. The van der Waals surface area contributed by atoms with Gasteiger partial charge in [0.05, 0.1) is 17.2 Å². The van der Waals surface area contributed by atoms with E-state index in [0.29, 0.717) is 22.4 Å². The highest BCUT2D eigenvalue weighted by molar-refractivity contribution is 6.15. The largest absolute Gasteiger partial charge is 0.454 e. The molecule has 0 aliphatic carbocycles. The normalized spacial score (nSPS) is 13.0. The lowest BCUT2D eigenvalue weighted by atomic mass is 9.95. The third-order valence-corrected chi connectivity index (χ3v) is 6.09. The molecule has 2 heterocycles. The molecule has 0 N–H and O–H groups in total. The van der Waals surface area contributed by atoms with Crippen molar-refractivity contribution in [3.05, 3.63) is 89.1 Å². The Bertz CT molecular complexity index is 1620. The highest BCUT2D eigenvalue weighted by atomic mass is 16.3. The number of hydrogen-bond donors (Lipinski definition) is 0. The second-order valence-electron chi connectivity index (χ2n) is 7.86. The van der Waals surface area contributed by atoms with Crippen LogP contribution in [0.3, 0.4) is 0 Å². The van der Waals surface area contributed by atoms with Gasteiger partial charge in [0, 0.05) is 39.0 Å². The molecule has 0 radical (unpaired) electrons. The number of benzene rings is 3. The second-order valence-corrected chi connectivity index (χ2v) is 7.86. The van der Waals surface area contributed by atoms with Gasteiger partial charge in [0.1, 0.15) is 12.6 Å². The van der Waals surface area contributed by atoms with E-state index >= 15 is 0 Å². The van der Waals surface area contributed by atoms with Crippen molar-refractivity contribution in [3.63, 3.8) is 0 Å². The number of aryl methyl sites for hydroxylation is 2. The molecule has 31 heavy (non-hydrogen) atoms. The van der Waals surface area contributed by atoms with Crippen LogP contribution < -0.4 is 4.57 Å². The molecule has 150 valence electrons. The summed E-state index contributed by atoms with van der Waals surface area (Å²) in [5, 5.41) is 11.6. The molecule has 2 aromatic heterocycles. The lowest BCUT2D eigenvalue weighted by molar-refractivity contribution is -0.667. The second kappa shape index (κ2) is 7.11. The first-order valence-corrected chi connectivity index (χ1v) is 10.2. The molecular formula is C28H23N2O+. The van der Waals surface area contributed by atoms with Gasteiger partial charge in [-0.1, -0.05) is 48.5 Å². The minimum atomic E-state index is -2.20. The summed E-state index contributed by atoms with van der Waals surface area (Å²) in [6, 6.07) is 23.7. The molecule has 0 atom stereocenters. The molecule has 5 rings (SSSR count). The summed E-state index contributed by atoms with van der Waals surface area (Å²) in [6.07, 6.45) is 0. The van der Waals surface area contributed by atoms with Crippen LogP contribution in [0.15, 0.2) is 71.1 Å². The maximum Gasteiger partial charge on any atom is 0.216 e. The molecule has 0 bridgehead atoms. The van der Waals surface area contributed by atoms with Crippen molar-refractivity contribution in [1.29, 1.82) is 5.26 Å². The van der Waals surface area contributed by atoms with Crippen molar-refractivity contribution < 1.29 is 13.1 Å². The van der Waals surface area contributed by atoms with Gasteiger partial charge in [-0.2, -0.15) is 9.83 Å². The van der Waals surface area contributed by atoms with E-state index < -0.39 is 6.85 Å². The molecule has 0 spiro atoms. The molecular weight excluding hydrogens is 380 g/mol. The first-order valence-electron chi connectivity index (χ1n) is 11.7. The maximum atomic E-state index is 9.95. The molecule has 5 aromatic rings. The first kappa shape index (κ1) is 15.9. The molecule has 3 nitrogen and oxygen atoms in total. The molecule has 0 aliphatic rings. The summed E-state index contributed by atoms with van der Waals surface area (Å²) in [4.78, 5) is 0. The van der Waals surface area contributed by atoms with Crippen molar-refractivity contribution in [2.45, 2.75) is 20.7 Å². The van der Waals surface area contributed by atoms with Crippen molar-refractivity contribution in [3.8, 4) is 28.5 Å². The van der Waals surface area contributed by atoms with Gasteiger partial charge in [0.25, 0.3) is 0 Å². The fourth-order valence-corrected chi connectivity index (χ4v) is 4.36. The van der Waals surface area contributed by atoms with E-state index in [1.807, 2.05) is 86.1 Å².